The van der Waals surface area contributed by atoms with Gasteiger partial charge in [0.2, 0.25) is 0 Å². The molecule has 62 valence electrons. The van der Waals surface area contributed by atoms with Crippen LogP contribution in [0, 0.1) is 0 Å². The first-order chi connectivity index (χ1) is 5.23. The van der Waals surface area contributed by atoms with Crippen molar-refractivity contribution < 1.29 is 14.2 Å². The topological polar surface area (TPSA) is 27.7 Å². The minimum atomic E-state index is -0.700. The van der Waals surface area contributed by atoms with Crippen LogP contribution in [0.3, 0.4) is 0 Å². The first kappa shape index (κ1) is 6.40. The van der Waals surface area contributed by atoms with Gasteiger partial charge in [0.25, 0.3) is 5.97 Å². The molecule has 3 nitrogen and oxygen atoms in total. The Bertz CT molecular complexity index is 154. The number of ether oxygens (including phenoxy) is 3. The van der Waals surface area contributed by atoms with E-state index in [1.165, 1.54) is 0 Å². The Balaban J connectivity index is 1.94. The zero-order valence-electron chi connectivity index (χ0n) is 6.58. The van der Waals surface area contributed by atoms with Crippen LogP contribution in [-0.2, 0) is 14.2 Å². The second kappa shape index (κ2) is 1.79. The smallest absolute Gasteiger partial charge is 0.280 e. The summed E-state index contributed by atoms with van der Waals surface area (Å²) in [7, 11) is 0. The summed E-state index contributed by atoms with van der Waals surface area (Å²) in [6, 6.07) is 0. The molecule has 4 rings (SSSR count). The van der Waals surface area contributed by atoms with Gasteiger partial charge in [-0.15, -0.1) is 0 Å². The van der Waals surface area contributed by atoms with Gasteiger partial charge in [-0.25, -0.2) is 0 Å². The second-order valence-corrected chi connectivity index (χ2v) is 3.79. The summed E-state index contributed by atoms with van der Waals surface area (Å²) >= 11 is 0. The van der Waals surface area contributed by atoms with Gasteiger partial charge in [0.05, 0.1) is 18.3 Å². The first-order valence-corrected chi connectivity index (χ1v) is 4.27. The molecular weight excluding hydrogens is 144 g/mol. The van der Waals surface area contributed by atoms with Crippen LogP contribution >= 0.6 is 0 Å². The van der Waals surface area contributed by atoms with Crippen molar-refractivity contribution in [2.24, 2.45) is 0 Å². The lowest BCUT2D eigenvalue weighted by Crippen LogP contribution is -2.60. The summed E-state index contributed by atoms with van der Waals surface area (Å²) < 4.78 is 16.7. The Labute approximate surface area is 65.6 Å². The van der Waals surface area contributed by atoms with Crippen molar-refractivity contribution >= 4 is 0 Å². The van der Waals surface area contributed by atoms with Crippen LogP contribution in [0.25, 0.3) is 0 Å². The average molecular weight is 156 g/mol. The lowest BCUT2D eigenvalue weighted by molar-refractivity contribution is -0.485. The summed E-state index contributed by atoms with van der Waals surface area (Å²) in [5, 5.41) is 0. The Hall–Kier alpha value is -0.120. The zero-order valence-corrected chi connectivity index (χ0v) is 6.58. The fraction of sp³-hybridized carbons (Fsp3) is 1.00. The molecule has 11 heavy (non-hydrogen) atoms. The third-order valence-electron chi connectivity index (χ3n) is 2.72. The molecule has 0 radical (unpaired) electrons. The highest BCUT2D eigenvalue weighted by atomic mass is 16.9. The van der Waals surface area contributed by atoms with Crippen molar-refractivity contribution in [2.45, 2.75) is 50.5 Å². The molecule has 0 amide bonds. The summed E-state index contributed by atoms with van der Waals surface area (Å²) in [6.45, 7) is 1.87. The van der Waals surface area contributed by atoms with Gasteiger partial charge < -0.3 is 14.2 Å². The molecule has 1 saturated carbocycles. The molecule has 0 N–H and O–H groups in total. The van der Waals surface area contributed by atoms with E-state index in [1.54, 1.807) is 0 Å². The van der Waals surface area contributed by atoms with Gasteiger partial charge in [-0.3, -0.25) is 0 Å². The predicted molar refractivity (Wildman–Crippen MR) is 36.9 cm³/mol. The minimum absolute atomic E-state index is 0.395. The van der Waals surface area contributed by atoms with Gasteiger partial charge in [0.15, 0.2) is 0 Å². The van der Waals surface area contributed by atoms with E-state index < -0.39 is 5.97 Å². The van der Waals surface area contributed by atoms with E-state index in [1.807, 2.05) is 6.92 Å². The van der Waals surface area contributed by atoms with E-state index in [0.29, 0.717) is 18.3 Å². The fourth-order valence-electron chi connectivity index (χ4n) is 2.45. The molecule has 4 fully saturated rings. The van der Waals surface area contributed by atoms with Crippen molar-refractivity contribution in [2.75, 3.05) is 0 Å². The van der Waals surface area contributed by atoms with Crippen molar-refractivity contribution in [1.82, 2.24) is 0 Å². The zero-order chi connectivity index (χ0) is 7.47. The number of rotatable bonds is 0. The number of hydrogen-bond donors (Lipinski definition) is 0. The highest BCUT2D eigenvalue weighted by Crippen LogP contribution is 2.44. The van der Waals surface area contributed by atoms with Gasteiger partial charge in [0.1, 0.15) is 0 Å². The van der Waals surface area contributed by atoms with Gasteiger partial charge in [-0.1, -0.05) is 0 Å². The van der Waals surface area contributed by atoms with E-state index in [4.69, 9.17) is 14.2 Å². The van der Waals surface area contributed by atoms with Crippen LogP contribution in [0.4, 0.5) is 0 Å². The van der Waals surface area contributed by atoms with Crippen LogP contribution in [-0.4, -0.2) is 24.3 Å². The molecule has 0 atom stereocenters. The molecule has 3 heterocycles. The maximum atomic E-state index is 5.57. The summed E-state index contributed by atoms with van der Waals surface area (Å²) in [5.41, 5.74) is 0. The van der Waals surface area contributed by atoms with E-state index in [0.717, 1.165) is 19.3 Å². The van der Waals surface area contributed by atoms with Gasteiger partial charge in [-0.05, 0) is 0 Å². The highest BCUT2D eigenvalue weighted by molar-refractivity contribution is 4.90. The van der Waals surface area contributed by atoms with E-state index >= 15 is 0 Å². The molecule has 4 aliphatic rings. The molecule has 0 aromatic rings. The van der Waals surface area contributed by atoms with Crippen molar-refractivity contribution in [3.63, 3.8) is 0 Å². The van der Waals surface area contributed by atoms with E-state index in [9.17, 15) is 0 Å². The monoisotopic (exact) mass is 156 g/mol. The molecule has 1 aliphatic carbocycles. The molecule has 3 saturated heterocycles. The molecule has 3 heteroatoms. The lowest BCUT2D eigenvalue weighted by Gasteiger charge is -2.53. The second-order valence-electron chi connectivity index (χ2n) is 3.79. The SMILES string of the molecule is CC12OC3CC(CC(C3)O1)O2. The third-order valence-corrected chi connectivity index (χ3v) is 2.72. The molecule has 0 aromatic carbocycles. The van der Waals surface area contributed by atoms with Crippen LogP contribution in [0.15, 0.2) is 0 Å². The number of hydrogen-bond acceptors (Lipinski definition) is 3. The van der Waals surface area contributed by atoms with Gasteiger partial charge >= 0.3 is 0 Å². The van der Waals surface area contributed by atoms with Gasteiger partial charge in [0, 0.05) is 26.2 Å². The lowest BCUT2D eigenvalue weighted by atomic mass is 9.89. The predicted octanol–water partition coefficient (Wildman–Crippen LogP) is 1.03. The maximum Gasteiger partial charge on any atom is 0.280 e. The van der Waals surface area contributed by atoms with Crippen LogP contribution in [0.1, 0.15) is 26.2 Å². The van der Waals surface area contributed by atoms with Crippen molar-refractivity contribution in [3.05, 3.63) is 0 Å². The van der Waals surface area contributed by atoms with Crippen LogP contribution in [0.5, 0.6) is 0 Å². The molecule has 0 aromatic heterocycles. The quantitative estimate of drug-likeness (QED) is 0.524. The molecular formula is C8H12O3. The molecule has 0 unspecified atom stereocenters. The van der Waals surface area contributed by atoms with Gasteiger partial charge in [-0.2, -0.15) is 0 Å². The highest BCUT2D eigenvalue weighted by Gasteiger charge is 2.51. The molecule has 3 aliphatic heterocycles. The van der Waals surface area contributed by atoms with E-state index in [2.05, 4.69) is 0 Å². The molecule has 0 spiro atoms. The summed E-state index contributed by atoms with van der Waals surface area (Å²) in [5.74, 6) is -0.700. The molecule has 4 bridgehead atoms. The van der Waals surface area contributed by atoms with Crippen molar-refractivity contribution in [1.29, 1.82) is 0 Å². The Morgan fingerprint density at radius 1 is 0.909 bits per heavy atom. The standard InChI is InChI=1S/C8H12O3/c1-8-9-5-2-6(10-8)4-7(3-5)11-8/h5-7H,2-4H2,1H3. The fourth-order valence-corrected chi connectivity index (χ4v) is 2.45. The normalized spacial score (nSPS) is 60.3. The van der Waals surface area contributed by atoms with Crippen LogP contribution < -0.4 is 0 Å². The van der Waals surface area contributed by atoms with Crippen molar-refractivity contribution in [3.8, 4) is 0 Å². The largest absolute Gasteiger partial charge is 0.324 e. The Kier molecular flexibility index (Phi) is 1.04. The Morgan fingerprint density at radius 2 is 1.27 bits per heavy atom. The third kappa shape index (κ3) is 0.849. The summed E-state index contributed by atoms with van der Waals surface area (Å²) in [4.78, 5) is 0. The van der Waals surface area contributed by atoms with Crippen LogP contribution in [0.2, 0.25) is 0 Å². The maximum absolute atomic E-state index is 5.57. The first-order valence-electron chi connectivity index (χ1n) is 4.27. The van der Waals surface area contributed by atoms with E-state index in [-0.39, 0.29) is 0 Å². The Morgan fingerprint density at radius 3 is 1.55 bits per heavy atom. The average Bonchev–Trinajstić information content (AvgIpc) is 1.79. The minimum Gasteiger partial charge on any atom is -0.324 e. The summed E-state index contributed by atoms with van der Waals surface area (Å²) in [6.07, 6.45) is 4.38.